The van der Waals surface area contributed by atoms with E-state index in [9.17, 15) is 9.18 Å². The Hall–Kier alpha value is -3.72. The Morgan fingerprint density at radius 3 is 2.32 bits per heavy atom. The molecule has 0 radical (unpaired) electrons. The van der Waals surface area contributed by atoms with E-state index in [-0.39, 0.29) is 11.5 Å². The normalized spacial score (nSPS) is 9.92. The fraction of sp³-hybridized carbons (Fsp3) is 0. The van der Waals surface area contributed by atoms with Crippen molar-refractivity contribution >= 4 is 23.0 Å². The number of rotatable bonds is 4. The van der Waals surface area contributed by atoms with Crippen molar-refractivity contribution in [2.45, 2.75) is 0 Å². The van der Waals surface area contributed by atoms with E-state index in [1.165, 1.54) is 30.5 Å². The molecule has 25 heavy (non-hydrogen) atoms. The van der Waals surface area contributed by atoms with Crippen molar-refractivity contribution in [3.05, 3.63) is 83.9 Å². The molecule has 0 aliphatic carbocycles. The number of amides is 1. The summed E-state index contributed by atoms with van der Waals surface area (Å²) in [5.74, 6) is -0.764. The molecule has 0 unspecified atom stereocenters. The van der Waals surface area contributed by atoms with Gasteiger partial charge in [-0.3, -0.25) is 9.78 Å². The predicted molar refractivity (Wildman–Crippen MR) is 93.0 cm³/mol. The molecule has 0 aliphatic rings. The Kier molecular flexibility index (Phi) is 4.67. The molecule has 0 saturated carbocycles. The van der Waals surface area contributed by atoms with Crippen LogP contribution in [0, 0.1) is 17.1 Å². The Labute approximate surface area is 143 Å². The third kappa shape index (κ3) is 4.18. The molecule has 2 aromatic carbocycles. The van der Waals surface area contributed by atoms with Crippen LogP contribution >= 0.6 is 0 Å². The lowest BCUT2D eigenvalue weighted by atomic mass is 10.2. The summed E-state index contributed by atoms with van der Waals surface area (Å²) in [6.07, 6.45) is 1.52. The maximum absolute atomic E-state index is 12.9. The van der Waals surface area contributed by atoms with E-state index < -0.39 is 5.91 Å². The number of nitriles is 1. The first-order valence-electron chi connectivity index (χ1n) is 7.44. The number of carbonyl (C=O) groups excluding carboxylic acids is 1. The Balaban J connectivity index is 1.72. The third-order valence-corrected chi connectivity index (χ3v) is 3.40. The van der Waals surface area contributed by atoms with Crippen LogP contribution in [0.15, 0.2) is 66.9 Å². The summed E-state index contributed by atoms with van der Waals surface area (Å²) in [7, 11) is 0. The number of aromatic nitrogens is 1. The summed E-state index contributed by atoms with van der Waals surface area (Å²) in [5, 5.41) is 14.6. The van der Waals surface area contributed by atoms with Crippen molar-refractivity contribution in [2.24, 2.45) is 0 Å². The Morgan fingerprint density at radius 1 is 0.960 bits per heavy atom. The molecule has 3 rings (SSSR count). The molecular weight excluding hydrogens is 319 g/mol. The molecule has 1 amide bonds. The van der Waals surface area contributed by atoms with Gasteiger partial charge in [-0.25, -0.2) is 4.39 Å². The monoisotopic (exact) mass is 332 g/mol. The van der Waals surface area contributed by atoms with Crippen LogP contribution < -0.4 is 10.6 Å². The maximum Gasteiger partial charge on any atom is 0.274 e. The molecule has 122 valence electrons. The molecule has 1 heterocycles. The zero-order valence-electron chi connectivity index (χ0n) is 13.0. The quantitative estimate of drug-likeness (QED) is 0.754. The summed E-state index contributed by atoms with van der Waals surface area (Å²) in [6.45, 7) is 0. The lowest BCUT2D eigenvalue weighted by Crippen LogP contribution is -2.13. The average molecular weight is 332 g/mol. The van der Waals surface area contributed by atoms with Crippen LogP contribution in [-0.2, 0) is 0 Å². The number of benzene rings is 2. The number of hydrogen-bond donors (Lipinski definition) is 2. The third-order valence-electron chi connectivity index (χ3n) is 3.40. The van der Waals surface area contributed by atoms with Gasteiger partial charge in [0.25, 0.3) is 5.91 Å². The van der Waals surface area contributed by atoms with Gasteiger partial charge in [-0.05, 0) is 60.7 Å². The van der Waals surface area contributed by atoms with Gasteiger partial charge in [-0.1, -0.05) is 0 Å². The fourth-order valence-electron chi connectivity index (χ4n) is 2.16. The summed E-state index contributed by atoms with van der Waals surface area (Å²) in [5.41, 5.74) is 2.75. The molecule has 0 aliphatic heterocycles. The van der Waals surface area contributed by atoms with Crippen LogP contribution in [0.3, 0.4) is 0 Å². The number of carbonyl (C=O) groups is 1. The van der Waals surface area contributed by atoms with Gasteiger partial charge in [0.05, 0.1) is 11.6 Å². The standard InChI is InChI=1S/C19H13FN4O/c20-14-3-7-16(8-4-14)24-19(25)18-11-17(9-10-22-18)23-15-5-1-13(12-21)2-6-15/h1-11H,(H,22,23)(H,24,25). The number of hydrogen-bond acceptors (Lipinski definition) is 4. The van der Waals surface area contributed by atoms with E-state index >= 15 is 0 Å². The van der Waals surface area contributed by atoms with Crippen molar-refractivity contribution in [3.8, 4) is 6.07 Å². The summed E-state index contributed by atoms with van der Waals surface area (Å²) < 4.78 is 12.9. The van der Waals surface area contributed by atoms with E-state index in [0.717, 1.165) is 5.69 Å². The highest BCUT2D eigenvalue weighted by atomic mass is 19.1. The van der Waals surface area contributed by atoms with Crippen molar-refractivity contribution in [1.82, 2.24) is 4.98 Å². The van der Waals surface area contributed by atoms with Gasteiger partial charge in [0, 0.05) is 23.3 Å². The molecule has 0 spiro atoms. The summed E-state index contributed by atoms with van der Waals surface area (Å²) in [4.78, 5) is 16.3. The second-order valence-electron chi connectivity index (χ2n) is 5.20. The smallest absolute Gasteiger partial charge is 0.274 e. The van der Waals surface area contributed by atoms with Crippen molar-refractivity contribution < 1.29 is 9.18 Å². The fourth-order valence-corrected chi connectivity index (χ4v) is 2.16. The van der Waals surface area contributed by atoms with E-state index in [0.29, 0.717) is 16.9 Å². The van der Waals surface area contributed by atoms with Gasteiger partial charge < -0.3 is 10.6 Å². The molecule has 0 saturated heterocycles. The van der Waals surface area contributed by atoms with Gasteiger partial charge in [-0.15, -0.1) is 0 Å². The number of nitrogens with zero attached hydrogens (tertiary/aromatic N) is 2. The highest BCUT2D eigenvalue weighted by Gasteiger charge is 2.09. The second-order valence-corrected chi connectivity index (χ2v) is 5.20. The second kappa shape index (κ2) is 7.23. The number of pyridine rings is 1. The molecule has 2 N–H and O–H groups in total. The molecule has 6 heteroatoms. The van der Waals surface area contributed by atoms with Crippen LogP contribution in [0.1, 0.15) is 16.1 Å². The first-order chi connectivity index (χ1) is 12.1. The first kappa shape index (κ1) is 16.1. The van der Waals surface area contributed by atoms with Gasteiger partial charge in [-0.2, -0.15) is 5.26 Å². The largest absolute Gasteiger partial charge is 0.355 e. The van der Waals surface area contributed by atoms with Crippen molar-refractivity contribution in [1.29, 1.82) is 5.26 Å². The van der Waals surface area contributed by atoms with E-state index in [2.05, 4.69) is 21.7 Å². The molecule has 3 aromatic rings. The van der Waals surface area contributed by atoms with Crippen LogP contribution in [-0.4, -0.2) is 10.9 Å². The van der Waals surface area contributed by atoms with Crippen molar-refractivity contribution in [2.75, 3.05) is 10.6 Å². The molecular formula is C19H13FN4O. The van der Waals surface area contributed by atoms with E-state index in [4.69, 9.17) is 5.26 Å². The molecule has 1 aromatic heterocycles. The molecule has 0 atom stereocenters. The van der Waals surface area contributed by atoms with E-state index in [1.54, 1.807) is 36.4 Å². The molecule has 0 fully saturated rings. The zero-order chi connectivity index (χ0) is 17.6. The van der Waals surface area contributed by atoms with Gasteiger partial charge in [0.2, 0.25) is 0 Å². The zero-order valence-corrected chi connectivity index (χ0v) is 13.0. The SMILES string of the molecule is N#Cc1ccc(Nc2ccnc(C(=O)Nc3ccc(F)cc3)c2)cc1. The maximum atomic E-state index is 12.9. The number of nitrogens with one attached hydrogen (secondary N) is 2. The first-order valence-corrected chi connectivity index (χ1v) is 7.44. The van der Waals surface area contributed by atoms with Crippen LogP contribution in [0.5, 0.6) is 0 Å². The van der Waals surface area contributed by atoms with Crippen LogP contribution in [0.2, 0.25) is 0 Å². The Bertz CT molecular complexity index is 931. The molecule has 5 nitrogen and oxygen atoms in total. The van der Waals surface area contributed by atoms with E-state index in [1.807, 2.05) is 0 Å². The van der Waals surface area contributed by atoms with Gasteiger partial charge in [0.15, 0.2) is 0 Å². The average Bonchev–Trinajstić information content (AvgIpc) is 2.64. The van der Waals surface area contributed by atoms with Gasteiger partial charge in [0.1, 0.15) is 11.5 Å². The lowest BCUT2D eigenvalue weighted by Gasteiger charge is -2.09. The van der Waals surface area contributed by atoms with Crippen molar-refractivity contribution in [3.63, 3.8) is 0 Å². The summed E-state index contributed by atoms with van der Waals surface area (Å²) in [6, 6.07) is 17.8. The number of anilines is 3. The van der Waals surface area contributed by atoms with Crippen LogP contribution in [0.4, 0.5) is 21.5 Å². The minimum Gasteiger partial charge on any atom is -0.355 e. The van der Waals surface area contributed by atoms with Gasteiger partial charge >= 0.3 is 0 Å². The highest BCUT2D eigenvalue weighted by molar-refractivity contribution is 6.03. The topological polar surface area (TPSA) is 77.8 Å². The molecule has 0 bridgehead atoms. The minimum absolute atomic E-state index is 0.225. The predicted octanol–water partition coefficient (Wildman–Crippen LogP) is 4.09. The number of halogens is 1. The summed E-state index contributed by atoms with van der Waals surface area (Å²) >= 11 is 0. The Morgan fingerprint density at radius 2 is 1.64 bits per heavy atom. The lowest BCUT2D eigenvalue weighted by molar-refractivity contribution is 0.102. The highest BCUT2D eigenvalue weighted by Crippen LogP contribution is 2.18. The minimum atomic E-state index is -0.393. The van der Waals surface area contributed by atoms with Crippen LogP contribution in [0.25, 0.3) is 0 Å².